The Balaban J connectivity index is 0.00000196. The molecule has 0 aliphatic heterocycles. The van der Waals surface area contributed by atoms with Crippen LogP contribution in [0, 0.1) is 11.8 Å². The van der Waals surface area contributed by atoms with E-state index in [1.807, 2.05) is 13.8 Å². The molecule has 2 unspecified atom stereocenters. The quantitative estimate of drug-likeness (QED) is 0.781. The molecule has 92 valence electrons. The van der Waals surface area contributed by atoms with Gasteiger partial charge >= 0.3 is 0 Å². The number of aliphatic hydroxyl groups is 1. The Kier molecular flexibility index (Phi) is 4.96. The van der Waals surface area contributed by atoms with Crippen molar-refractivity contribution in [2.75, 3.05) is 6.54 Å². The minimum absolute atomic E-state index is 0. The van der Waals surface area contributed by atoms with E-state index in [1.54, 1.807) is 0 Å². The molecule has 0 amide bonds. The van der Waals surface area contributed by atoms with Gasteiger partial charge in [-0.1, -0.05) is 13.8 Å². The van der Waals surface area contributed by atoms with Crippen LogP contribution in [-0.4, -0.2) is 23.2 Å². The first kappa shape index (κ1) is 15.1. The predicted octanol–water partition coefficient (Wildman–Crippen LogP) is 2.19. The second-order valence-corrected chi connectivity index (χ2v) is 4.79. The summed E-state index contributed by atoms with van der Waals surface area (Å²) in [7, 11) is 0. The van der Waals surface area contributed by atoms with Gasteiger partial charge in [-0.2, -0.15) is 0 Å². The summed E-state index contributed by atoms with van der Waals surface area (Å²) in [6.45, 7) is 3.02. The van der Waals surface area contributed by atoms with Crippen LogP contribution in [0.5, 0.6) is 0 Å². The summed E-state index contributed by atoms with van der Waals surface area (Å²) in [6, 6.07) is 0. The third-order valence-corrected chi connectivity index (χ3v) is 3.11. The zero-order valence-electron chi connectivity index (χ0n) is 9.17. The lowest BCUT2D eigenvalue weighted by molar-refractivity contribution is -0.202. The largest absolute Gasteiger partial charge is 0.384 e. The van der Waals surface area contributed by atoms with Crippen LogP contribution in [0.4, 0.5) is 8.78 Å². The highest BCUT2D eigenvalue weighted by molar-refractivity contribution is 5.85. The fourth-order valence-electron chi connectivity index (χ4n) is 2.58. The van der Waals surface area contributed by atoms with Gasteiger partial charge in [0.25, 0.3) is 5.92 Å². The van der Waals surface area contributed by atoms with Crippen molar-refractivity contribution in [2.24, 2.45) is 17.6 Å². The first-order valence-corrected chi connectivity index (χ1v) is 5.11. The SMILES string of the molecule is CC1CC(C)CC(O)(C(F)(F)CN)C1.Cl. The summed E-state index contributed by atoms with van der Waals surface area (Å²) in [5.41, 5.74) is 3.11. The van der Waals surface area contributed by atoms with E-state index >= 15 is 0 Å². The summed E-state index contributed by atoms with van der Waals surface area (Å²) < 4.78 is 26.8. The van der Waals surface area contributed by atoms with Crippen molar-refractivity contribution in [1.29, 1.82) is 0 Å². The predicted molar refractivity (Wildman–Crippen MR) is 58.4 cm³/mol. The second-order valence-electron chi connectivity index (χ2n) is 4.79. The molecule has 1 aliphatic carbocycles. The van der Waals surface area contributed by atoms with Crippen molar-refractivity contribution in [3.63, 3.8) is 0 Å². The molecule has 0 heterocycles. The van der Waals surface area contributed by atoms with Gasteiger partial charge in [-0.3, -0.25) is 0 Å². The Morgan fingerprint density at radius 3 is 2.07 bits per heavy atom. The summed E-state index contributed by atoms with van der Waals surface area (Å²) in [6.07, 6.45) is 1.21. The molecule has 0 radical (unpaired) electrons. The van der Waals surface area contributed by atoms with Crippen LogP contribution in [0.3, 0.4) is 0 Å². The van der Waals surface area contributed by atoms with Crippen molar-refractivity contribution in [3.05, 3.63) is 0 Å². The van der Waals surface area contributed by atoms with Gasteiger partial charge in [-0.05, 0) is 31.1 Å². The number of rotatable bonds is 2. The molecule has 1 fully saturated rings. The van der Waals surface area contributed by atoms with E-state index < -0.39 is 18.1 Å². The molecule has 1 aliphatic rings. The maximum absolute atomic E-state index is 13.4. The normalized spacial score (nSPS) is 37.2. The van der Waals surface area contributed by atoms with Crippen LogP contribution in [0.15, 0.2) is 0 Å². The molecule has 5 heteroatoms. The zero-order chi connectivity index (χ0) is 11.0. The lowest BCUT2D eigenvalue weighted by atomic mass is 9.71. The topological polar surface area (TPSA) is 46.2 Å². The molecule has 2 nitrogen and oxygen atoms in total. The molecule has 15 heavy (non-hydrogen) atoms. The first-order chi connectivity index (χ1) is 6.31. The maximum atomic E-state index is 13.4. The lowest BCUT2D eigenvalue weighted by Crippen LogP contribution is -2.56. The molecular weight excluding hydrogens is 224 g/mol. The molecule has 3 N–H and O–H groups in total. The van der Waals surface area contributed by atoms with Crippen LogP contribution in [0.1, 0.15) is 33.1 Å². The fraction of sp³-hybridized carbons (Fsp3) is 1.00. The highest BCUT2D eigenvalue weighted by Gasteiger charge is 2.54. The van der Waals surface area contributed by atoms with Gasteiger partial charge in [0.2, 0.25) is 0 Å². The molecular formula is C10H20ClF2NO. The molecule has 0 saturated heterocycles. The Hall–Kier alpha value is 0.0700. The van der Waals surface area contributed by atoms with Crippen molar-refractivity contribution in [2.45, 2.75) is 44.6 Å². The Bertz CT molecular complexity index is 204. The standard InChI is InChI=1S/C10H19F2NO.ClH/c1-7-3-8(2)5-9(14,4-7)10(11,12)6-13;/h7-8,14H,3-6,13H2,1-2H3;1H. The number of hydrogen-bond donors (Lipinski definition) is 2. The van der Waals surface area contributed by atoms with Gasteiger partial charge in [0.1, 0.15) is 5.60 Å². The summed E-state index contributed by atoms with van der Waals surface area (Å²) >= 11 is 0. The molecule has 2 atom stereocenters. The van der Waals surface area contributed by atoms with Gasteiger partial charge < -0.3 is 10.8 Å². The Morgan fingerprint density at radius 2 is 1.73 bits per heavy atom. The number of hydrogen-bond acceptors (Lipinski definition) is 2. The summed E-state index contributed by atoms with van der Waals surface area (Å²) in [4.78, 5) is 0. The molecule has 0 bridgehead atoms. The average molecular weight is 244 g/mol. The summed E-state index contributed by atoms with van der Waals surface area (Å²) in [5.74, 6) is -2.88. The van der Waals surface area contributed by atoms with Gasteiger partial charge in [0.15, 0.2) is 0 Å². The van der Waals surface area contributed by atoms with Crippen molar-refractivity contribution in [1.82, 2.24) is 0 Å². The van der Waals surface area contributed by atoms with Crippen molar-refractivity contribution in [3.8, 4) is 0 Å². The van der Waals surface area contributed by atoms with Crippen LogP contribution >= 0.6 is 12.4 Å². The molecule has 0 aromatic rings. The van der Waals surface area contributed by atoms with E-state index in [0.717, 1.165) is 6.42 Å². The number of alkyl halides is 2. The molecule has 0 aromatic carbocycles. The fourth-order valence-corrected chi connectivity index (χ4v) is 2.58. The highest BCUT2D eigenvalue weighted by atomic mass is 35.5. The maximum Gasteiger partial charge on any atom is 0.288 e. The van der Waals surface area contributed by atoms with E-state index in [9.17, 15) is 13.9 Å². The highest BCUT2D eigenvalue weighted by Crippen LogP contribution is 2.44. The third-order valence-electron chi connectivity index (χ3n) is 3.11. The van der Waals surface area contributed by atoms with Crippen LogP contribution in [0.2, 0.25) is 0 Å². The zero-order valence-corrected chi connectivity index (χ0v) is 9.99. The van der Waals surface area contributed by atoms with Crippen LogP contribution in [0.25, 0.3) is 0 Å². The Labute approximate surface area is 95.6 Å². The van der Waals surface area contributed by atoms with Gasteiger partial charge in [-0.15, -0.1) is 12.4 Å². The third kappa shape index (κ3) is 3.02. The minimum Gasteiger partial charge on any atom is -0.384 e. The van der Waals surface area contributed by atoms with Crippen LogP contribution in [-0.2, 0) is 0 Å². The minimum atomic E-state index is -3.16. The van der Waals surface area contributed by atoms with E-state index in [0.29, 0.717) is 0 Å². The average Bonchev–Trinajstić information content (AvgIpc) is 2.01. The van der Waals surface area contributed by atoms with Gasteiger partial charge in [0.05, 0.1) is 6.54 Å². The lowest BCUT2D eigenvalue weighted by Gasteiger charge is -2.43. The van der Waals surface area contributed by atoms with E-state index in [4.69, 9.17) is 5.73 Å². The van der Waals surface area contributed by atoms with Gasteiger partial charge in [0, 0.05) is 0 Å². The monoisotopic (exact) mass is 243 g/mol. The molecule has 0 spiro atoms. The summed E-state index contributed by atoms with van der Waals surface area (Å²) in [5, 5.41) is 9.91. The Morgan fingerprint density at radius 1 is 1.33 bits per heavy atom. The van der Waals surface area contributed by atoms with Crippen molar-refractivity contribution >= 4 is 12.4 Å². The molecule has 1 rings (SSSR count). The smallest absolute Gasteiger partial charge is 0.288 e. The van der Waals surface area contributed by atoms with E-state index in [2.05, 4.69) is 0 Å². The van der Waals surface area contributed by atoms with Crippen LogP contribution < -0.4 is 5.73 Å². The number of halogens is 3. The van der Waals surface area contributed by atoms with Crippen molar-refractivity contribution < 1.29 is 13.9 Å². The first-order valence-electron chi connectivity index (χ1n) is 5.11. The molecule has 1 saturated carbocycles. The molecule has 0 aromatic heterocycles. The number of nitrogens with two attached hydrogens (primary N) is 1. The van der Waals surface area contributed by atoms with Gasteiger partial charge in [-0.25, -0.2) is 8.78 Å². The second kappa shape index (κ2) is 4.93. The van der Waals surface area contributed by atoms with E-state index in [1.165, 1.54) is 0 Å². The van der Waals surface area contributed by atoms with E-state index in [-0.39, 0.29) is 37.1 Å².